The lowest BCUT2D eigenvalue weighted by Crippen LogP contribution is -2.16. The summed E-state index contributed by atoms with van der Waals surface area (Å²) in [5, 5.41) is 2.65. The van der Waals surface area contributed by atoms with Crippen LogP contribution < -0.4 is 0 Å². The first kappa shape index (κ1) is 19.2. The average Bonchev–Trinajstić information content (AvgIpc) is 3.27. The minimum Gasteiger partial charge on any atom is -0.454 e. The molecule has 0 aliphatic carbocycles. The van der Waals surface area contributed by atoms with Gasteiger partial charge < -0.3 is 4.74 Å². The molecule has 0 aliphatic rings. The molecular formula is C19H18N2O4S2. The van der Waals surface area contributed by atoms with Crippen LogP contribution in [0.25, 0.3) is 5.13 Å². The van der Waals surface area contributed by atoms with Gasteiger partial charge in [-0.05, 0) is 32.0 Å². The summed E-state index contributed by atoms with van der Waals surface area (Å²) in [6, 6.07) is 8.28. The van der Waals surface area contributed by atoms with Crippen molar-refractivity contribution < 1.29 is 18.5 Å². The van der Waals surface area contributed by atoms with Crippen LogP contribution in [0.5, 0.6) is 0 Å². The molecule has 27 heavy (non-hydrogen) atoms. The number of hydrogen-bond donors (Lipinski definition) is 0. The van der Waals surface area contributed by atoms with E-state index in [1.54, 1.807) is 30.5 Å². The first-order valence-electron chi connectivity index (χ1n) is 8.11. The Morgan fingerprint density at radius 1 is 1.22 bits per heavy atom. The fourth-order valence-corrected chi connectivity index (χ4v) is 4.32. The van der Waals surface area contributed by atoms with Gasteiger partial charge in [0.25, 0.3) is 0 Å². The van der Waals surface area contributed by atoms with Gasteiger partial charge >= 0.3 is 5.97 Å². The molecule has 2 heterocycles. The van der Waals surface area contributed by atoms with E-state index >= 15 is 0 Å². The number of carbonyl (C=O) groups is 2. The number of thiazole rings is 1. The molecule has 3 aromatic rings. The van der Waals surface area contributed by atoms with Crippen LogP contribution in [0.3, 0.4) is 0 Å². The molecule has 0 amide bonds. The number of ether oxygens (including phenoxy) is 1. The Morgan fingerprint density at radius 2 is 1.96 bits per heavy atom. The number of aryl methyl sites for hydroxylation is 1. The van der Waals surface area contributed by atoms with Gasteiger partial charge in [0.05, 0.1) is 21.3 Å². The molecule has 140 valence electrons. The number of Topliss-reactive ketones (excluding diaryl/α,β-unsaturated/α-hetero) is 1. The van der Waals surface area contributed by atoms with E-state index in [4.69, 9.17) is 4.74 Å². The number of carbonyl (C=O) groups excluding carboxylic acids is 2. The van der Waals surface area contributed by atoms with Crippen LogP contribution in [0.1, 0.15) is 32.1 Å². The van der Waals surface area contributed by atoms with Gasteiger partial charge in [0.1, 0.15) is 0 Å². The molecule has 1 aromatic carbocycles. The number of hydrogen-bond acceptors (Lipinski definition) is 6. The Hall–Kier alpha value is -2.58. The summed E-state index contributed by atoms with van der Waals surface area (Å²) in [6.45, 7) is 3.34. The Morgan fingerprint density at radius 3 is 2.63 bits per heavy atom. The Balaban J connectivity index is 1.77. The van der Waals surface area contributed by atoms with Gasteiger partial charge in [-0.1, -0.05) is 12.1 Å². The molecule has 0 N–H and O–H groups in total. The zero-order chi connectivity index (χ0) is 19.6. The summed E-state index contributed by atoms with van der Waals surface area (Å²) in [5.74, 6) is -0.961. The smallest absolute Gasteiger partial charge is 0.339 e. The Kier molecular flexibility index (Phi) is 5.67. The third kappa shape index (κ3) is 3.91. The van der Waals surface area contributed by atoms with Crippen molar-refractivity contribution in [3.05, 3.63) is 64.4 Å². The van der Waals surface area contributed by atoms with Crippen molar-refractivity contribution >= 4 is 33.9 Å². The summed E-state index contributed by atoms with van der Waals surface area (Å²) in [7, 11) is -1.33. The summed E-state index contributed by atoms with van der Waals surface area (Å²) in [5.41, 5.74) is 2.32. The number of rotatable bonds is 6. The highest BCUT2D eigenvalue weighted by Gasteiger charge is 2.20. The summed E-state index contributed by atoms with van der Waals surface area (Å²) >= 11 is 1.48. The van der Waals surface area contributed by atoms with Crippen LogP contribution in [-0.2, 0) is 15.5 Å². The van der Waals surface area contributed by atoms with Gasteiger partial charge in [-0.3, -0.25) is 13.6 Å². The van der Waals surface area contributed by atoms with Crippen molar-refractivity contribution in [1.82, 2.24) is 9.55 Å². The van der Waals surface area contributed by atoms with E-state index in [2.05, 4.69) is 4.98 Å². The highest BCUT2D eigenvalue weighted by atomic mass is 32.2. The number of benzene rings is 1. The van der Waals surface area contributed by atoms with Gasteiger partial charge in [-0.15, -0.1) is 11.3 Å². The molecule has 0 radical (unpaired) electrons. The normalized spacial score (nSPS) is 12.0. The fraction of sp³-hybridized carbons (Fsp3) is 0.211. The second-order valence-electron chi connectivity index (χ2n) is 5.88. The zero-order valence-corrected chi connectivity index (χ0v) is 16.7. The Bertz CT molecular complexity index is 1020. The topological polar surface area (TPSA) is 78.3 Å². The van der Waals surface area contributed by atoms with Crippen molar-refractivity contribution in [2.75, 3.05) is 12.9 Å². The standard InChI is InChI=1S/C19H18N2O4S2/c1-12-10-15(13(2)21(12)19-20-8-9-26-19)16(22)11-25-18(23)14-6-4-5-7-17(14)27(3)24/h4-10H,11H2,1-3H3/t27-/m1/s1. The lowest BCUT2D eigenvalue weighted by molar-refractivity contribution is 0.0471. The van der Waals surface area contributed by atoms with Crippen molar-refractivity contribution in [3.8, 4) is 5.13 Å². The molecule has 0 fully saturated rings. The molecule has 0 unspecified atom stereocenters. The molecule has 0 saturated heterocycles. The van der Waals surface area contributed by atoms with Crippen molar-refractivity contribution in [2.24, 2.45) is 0 Å². The highest BCUT2D eigenvalue weighted by molar-refractivity contribution is 7.84. The molecule has 2 aromatic heterocycles. The second-order valence-corrected chi connectivity index (χ2v) is 8.11. The first-order valence-corrected chi connectivity index (χ1v) is 10.6. The quantitative estimate of drug-likeness (QED) is 0.467. The van der Waals surface area contributed by atoms with E-state index in [1.807, 2.05) is 23.8 Å². The van der Waals surface area contributed by atoms with E-state index in [0.717, 1.165) is 16.5 Å². The van der Waals surface area contributed by atoms with Crippen LogP contribution in [0.15, 0.2) is 46.8 Å². The highest BCUT2D eigenvalue weighted by Crippen LogP contribution is 2.23. The van der Waals surface area contributed by atoms with Gasteiger partial charge in [0.15, 0.2) is 11.7 Å². The lowest BCUT2D eigenvalue weighted by atomic mass is 10.1. The van der Waals surface area contributed by atoms with E-state index < -0.39 is 16.8 Å². The predicted molar refractivity (Wildman–Crippen MR) is 104 cm³/mol. The molecule has 0 spiro atoms. The van der Waals surface area contributed by atoms with E-state index in [9.17, 15) is 13.8 Å². The largest absolute Gasteiger partial charge is 0.454 e. The van der Waals surface area contributed by atoms with Crippen LogP contribution >= 0.6 is 11.3 Å². The van der Waals surface area contributed by atoms with Crippen LogP contribution in [-0.4, -0.2) is 38.4 Å². The van der Waals surface area contributed by atoms with Crippen LogP contribution in [0.2, 0.25) is 0 Å². The fourth-order valence-electron chi connectivity index (χ4n) is 2.84. The van der Waals surface area contributed by atoms with E-state index in [0.29, 0.717) is 10.5 Å². The predicted octanol–water partition coefficient (Wildman–Crippen LogP) is 3.33. The van der Waals surface area contributed by atoms with Crippen molar-refractivity contribution in [1.29, 1.82) is 0 Å². The number of ketones is 1. The maximum absolute atomic E-state index is 12.6. The molecular weight excluding hydrogens is 384 g/mol. The molecule has 8 heteroatoms. The molecule has 0 bridgehead atoms. The average molecular weight is 402 g/mol. The number of esters is 1. The maximum Gasteiger partial charge on any atom is 0.339 e. The van der Waals surface area contributed by atoms with Crippen LogP contribution in [0, 0.1) is 13.8 Å². The van der Waals surface area contributed by atoms with E-state index in [-0.39, 0.29) is 18.0 Å². The zero-order valence-electron chi connectivity index (χ0n) is 15.1. The van der Waals surface area contributed by atoms with E-state index in [1.165, 1.54) is 23.7 Å². The molecule has 1 atom stereocenters. The summed E-state index contributed by atoms with van der Waals surface area (Å²) < 4.78 is 18.8. The first-order chi connectivity index (χ1) is 12.9. The number of aromatic nitrogens is 2. The molecule has 6 nitrogen and oxygen atoms in total. The Labute approximate surface area is 163 Å². The number of nitrogens with zero attached hydrogens (tertiary/aromatic N) is 2. The third-order valence-electron chi connectivity index (χ3n) is 4.09. The van der Waals surface area contributed by atoms with Gasteiger partial charge in [0, 0.05) is 34.8 Å². The minimum atomic E-state index is -1.33. The maximum atomic E-state index is 12.6. The van der Waals surface area contributed by atoms with Crippen LogP contribution in [0.4, 0.5) is 0 Å². The SMILES string of the molecule is Cc1cc(C(=O)COC(=O)c2ccccc2[S@@](C)=O)c(C)n1-c1nccs1. The second kappa shape index (κ2) is 7.98. The monoisotopic (exact) mass is 402 g/mol. The summed E-state index contributed by atoms with van der Waals surface area (Å²) in [4.78, 5) is 29.6. The van der Waals surface area contributed by atoms with Gasteiger partial charge in [-0.25, -0.2) is 9.78 Å². The molecule has 3 rings (SSSR count). The minimum absolute atomic E-state index is 0.208. The van der Waals surface area contributed by atoms with Crippen molar-refractivity contribution in [2.45, 2.75) is 18.7 Å². The third-order valence-corrected chi connectivity index (χ3v) is 5.83. The summed E-state index contributed by atoms with van der Waals surface area (Å²) in [6.07, 6.45) is 3.20. The molecule has 0 aliphatic heterocycles. The van der Waals surface area contributed by atoms with Gasteiger partial charge in [-0.2, -0.15) is 0 Å². The van der Waals surface area contributed by atoms with Gasteiger partial charge in [0.2, 0.25) is 5.78 Å². The lowest BCUT2D eigenvalue weighted by Gasteiger charge is -2.08. The molecule has 0 saturated carbocycles. The van der Waals surface area contributed by atoms with Crippen molar-refractivity contribution in [3.63, 3.8) is 0 Å².